The summed E-state index contributed by atoms with van der Waals surface area (Å²) in [6, 6.07) is 10.9. The Hall–Kier alpha value is -2.27. The maximum absolute atomic E-state index is 13.0. The van der Waals surface area contributed by atoms with Gasteiger partial charge in [-0.15, -0.1) is 11.3 Å². The van der Waals surface area contributed by atoms with Crippen molar-refractivity contribution in [1.82, 2.24) is 9.88 Å². The van der Waals surface area contributed by atoms with E-state index in [0.29, 0.717) is 25.1 Å². The minimum Gasteiger partial charge on any atom is -0.486 e. The van der Waals surface area contributed by atoms with Crippen molar-refractivity contribution >= 4 is 38.1 Å². The highest BCUT2D eigenvalue weighted by molar-refractivity contribution is 7.93. The third-order valence-corrected chi connectivity index (χ3v) is 8.20. The van der Waals surface area contributed by atoms with Gasteiger partial charge in [0.05, 0.1) is 9.92 Å². The first kappa shape index (κ1) is 24.8. The van der Waals surface area contributed by atoms with Crippen LogP contribution in [0.1, 0.15) is 37.3 Å². The summed E-state index contributed by atoms with van der Waals surface area (Å²) in [6.45, 7) is 4.05. The van der Waals surface area contributed by atoms with E-state index in [1.54, 1.807) is 23.6 Å². The molecule has 182 valence electrons. The molecule has 0 aliphatic carbocycles. The molecule has 0 spiro atoms. The monoisotopic (exact) mass is 527 g/mol. The number of anilines is 1. The molecule has 1 aliphatic heterocycles. The lowest BCUT2D eigenvalue weighted by Gasteiger charge is -2.39. The van der Waals surface area contributed by atoms with Crippen LogP contribution in [0.3, 0.4) is 0 Å². The Morgan fingerprint density at radius 2 is 2.00 bits per heavy atom. The standard InChI is InChI=1S/C23H24ClF2N3O3S2/c1-23(7-10-29(11-8-23)15-16-3-2-4-17(13-16)21(25)26)32-20-6-5-18(14-19(20)24)34(30,31)28-22-27-9-12-33-22/h2-6,9,12-14,21H,7-8,10-11,15H2,1H3,(H,27,28). The SMILES string of the molecule is CC1(Oc2ccc(S(=O)(=O)Nc3nccs3)cc2Cl)CCN(Cc2cccc(C(F)F)c2)CC1. The Bertz CT molecular complexity index is 1230. The Morgan fingerprint density at radius 1 is 1.24 bits per heavy atom. The van der Waals surface area contributed by atoms with E-state index in [9.17, 15) is 17.2 Å². The molecule has 3 aromatic rings. The molecule has 2 aromatic carbocycles. The lowest BCUT2D eigenvalue weighted by atomic mass is 9.93. The van der Waals surface area contributed by atoms with Gasteiger partial charge in [0.2, 0.25) is 0 Å². The van der Waals surface area contributed by atoms with Gasteiger partial charge >= 0.3 is 0 Å². The summed E-state index contributed by atoms with van der Waals surface area (Å²) in [6.07, 6.45) is 0.457. The Balaban J connectivity index is 1.37. The van der Waals surface area contributed by atoms with Crippen LogP contribution in [-0.2, 0) is 16.6 Å². The number of likely N-dealkylation sites (tertiary alicyclic amines) is 1. The molecule has 6 nitrogen and oxygen atoms in total. The summed E-state index contributed by atoms with van der Waals surface area (Å²) in [5, 5.41) is 2.15. The number of ether oxygens (including phenoxy) is 1. The van der Waals surface area contributed by atoms with E-state index in [2.05, 4.69) is 14.6 Å². The highest BCUT2D eigenvalue weighted by atomic mass is 35.5. The zero-order chi connectivity index (χ0) is 24.3. The van der Waals surface area contributed by atoms with E-state index in [-0.39, 0.29) is 20.6 Å². The van der Waals surface area contributed by atoms with Gasteiger partial charge in [0, 0.05) is 36.8 Å². The predicted molar refractivity (Wildman–Crippen MR) is 129 cm³/mol. The number of nitrogens with one attached hydrogen (secondary N) is 1. The van der Waals surface area contributed by atoms with Crippen LogP contribution >= 0.6 is 22.9 Å². The number of hydrogen-bond donors (Lipinski definition) is 1. The second-order valence-corrected chi connectivity index (χ2v) is 11.4. The van der Waals surface area contributed by atoms with Gasteiger partial charge in [-0.25, -0.2) is 22.2 Å². The first-order valence-electron chi connectivity index (χ1n) is 10.6. The maximum Gasteiger partial charge on any atom is 0.263 e. The molecule has 0 saturated carbocycles. The minimum absolute atomic E-state index is 0.0195. The fourth-order valence-electron chi connectivity index (χ4n) is 3.82. The van der Waals surface area contributed by atoms with Gasteiger partial charge in [0.15, 0.2) is 5.13 Å². The molecule has 4 rings (SSSR count). The van der Waals surface area contributed by atoms with E-state index in [4.69, 9.17) is 16.3 Å². The van der Waals surface area contributed by atoms with Gasteiger partial charge in [-0.3, -0.25) is 9.62 Å². The normalized spacial score (nSPS) is 16.5. The molecule has 2 heterocycles. The van der Waals surface area contributed by atoms with Crippen LogP contribution in [0, 0.1) is 0 Å². The fraction of sp³-hybridized carbons (Fsp3) is 0.348. The summed E-state index contributed by atoms with van der Waals surface area (Å²) >= 11 is 7.55. The highest BCUT2D eigenvalue weighted by Crippen LogP contribution is 2.35. The smallest absolute Gasteiger partial charge is 0.263 e. The van der Waals surface area contributed by atoms with Crippen molar-refractivity contribution in [1.29, 1.82) is 0 Å². The van der Waals surface area contributed by atoms with Crippen LogP contribution in [0.5, 0.6) is 5.75 Å². The number of aromatic nitrogens is 1. The quantitative estimate of drug-likeness (QED) is 0.391. The molecule has 11 heteroatoms. The van der Waals surface area contributed by atoms with E-state index >= 15 is 0 Å². The number of hydrogen-bond acceptors (Lipinski definition) is 6. The van der Waals surface area contributed by atoms with Crippen LogP contribution in [0.25, 0.3) is 0 Å². The van der Waals surface area contributed by atoms with Gasteiger partial charge in [-0.1, -0.05) is 29.8 Å². The van der Waals surface area contributed by atoms with Crippen molar-refractivity contribution in [3.63, 3.8) is 0 Å². The third kappa shape index (κ3) is 6.04. The van der Waals surface area contributed by atoms with Crippen molar-refractivity contribution in [3.8, 4) is 5.75 Å². The average Bonchev–Trinajstić information content (AvgIpc) is 3.29. The summed E-state index contributed by atoms with van der Waals surface area (Å²) in [7, 11) is -3.81. The zero-order valence-electron chi connectivity index (χ0n) is 18.4. The van der Waals surface area contributed by atoms with Crippen molar-refractivity contribution in [3.05, 3.63) is 70.2 Å². The lowest BCUT2D eigenvalue weighted by Crippen LogP contribution is -2.45. The molecule has 1 saturated heterocycles. The van der Waals surface area contributed by atoms with E-state index in [0.717, 1.165) is 18.7 Å². The molecule has 0 amide bonds. The van der Waals surface area contributed by atoms with Crippen LogP contribution in [-0.4, -0.2) is 37.0 Å². The Labute approximate surface area is 206 Å². The van der Waals surface area contributed by atoms with E-state index in [1.165, 1.54) is 35.7 Å². The van der Waals surface area contributed by atoms with Gasteiger partial charge < -0.3 is 4.74 Å². The lowest BCUT2D eigenvalue weighted by molar-refractivity contribution is 0.0144. The molecule has 34 heavy (non-hydrogen) atoms. The molecular formula is C23H24ClF2N3O3S2. The van der Waals surface area contributed by atoms with E-state index in [1.807, 2.05) is 13.0 Å². The molecule has 1 aliphatic rings. The van der Waals surface area contributed by atoms with Crippen molar-refractivity contribution < 1.29 is 21.9 Å². The van der Waals surface area contributed by atoms with Gasteiger partial charge in [-0.2, -0.15) is 0 Å². The predicted octanol–water partition coefficient (Wildman–Crippen LogP) is 5.97. The molecule has 1 fully saturated rings. The molecule has 1 N–H and O–H groups in total. The minimum atomic E-state index is -3.81. The molecule has 0 radical (unpaired) electrons. The van der Waals surface area contributed by atoms with Crippen molar-refractivity contribution in [2.45, 2.75) is 43.2 Å². The Kier molecular flexibility index (Phi) is 7.42. The zero-order valence-corrected chi connectivity index (χ0v) is 20.8. The summed E-state index contributed by atoms with van der Waals surface area (Å²) in [5.74, 6) is 0.412. The fourth-order valence-corrected chi connectivity index (χ4v) is 5.91. The topological polar surface area (TPSA) is 71.5 Å². The van der Waals surface area contributed by atoms with Crippen LogP contribution < -0.4 is 9.46 Å². The summed E-state index contributed by atoms with van der Waals surface area (Å²) in [4.78, 5) is 6.16. The van der Waals surface area contributed by atoms with Gasteiger partial charge in [0.25, 0.3) is 16.4 Å². The number of piperidine rings is 1. The maximum atomic E-state index is 13.0. The van der Waals surface area contributed by atoms with E-state index < -0.39 is 22.0 Å². The number of rotatable bonds is 8. The number of sulfonamides is 1. The number of halogens is 3. The molecule has 0 unspecified atom stereocenters. The Morgan fingerprint density at radius 3 is 2.65 bits per heavy atom. The first-order chi connectivity index (χ1) is 16.1. The van der Waals surface area contributed by atoms with Crippen LogP contribution in [0.15, 0.2) is 58.9 Å². The molecule has 0 bridgehead atoms. The van der Waals surface area contributed by atoms with Crippen LogP contribution in [0.2, 0.25) is 5.02 Å². The largest absolute Gasteiger partial charge is 0.486 e. The van der Waals surface area contributed by atoms with Crippen molar-refractivity contribution in [2.24, 2.45) is 0 Å². The number of benzene rings is 2. The molecule has 1 aromatic heterocycles. The third-order valence-electron chi connectivity index (χ3n) is 5.75. The van der Waals surface area contributed by atoms with Gasteiger partial charge in [0.1, 0.15) is 11.4 Å². The average molecular weight is 528 g/mol. The van der Waals surface area contributed by atoms with Crippen LogP contribution in [0.4, 0.5) is 13.9 Å². The second kappa shape index (κ2) is 10.2. The van der Waals surface area contributed by atoms with Gasteiger partial charge in [-0.05, 0) is 49.6 Å². The first-order valence-corrected chi connectivity index (χ1v) is 13.4. The summed E-state index contributed by atoms with van der Waals surface area (Å²) < 4.78 is 59.7. The number of alkyl halides is 2. The summed E-state index contributed by atoms with van der Waals surface area (Å²) in [5.41, 5.74) is 0.406. The second-order valence-electron chi connectivity index (χ2n) is 8.41. The molecule has 0 atom stereocenters. The molecular weight excluding hydrogens is 504 g/mol. The highest BCUT2D eigenvalue weighted by Gasteiger charge is 2.33. The number of thiazole rings is 1. The van der Waals surface area contributed by atoms with Crippen molar-refractivity contribution in [2.75, 3.05) is 17.8 Å². The number of nitrogens with zero attached hydrogens (tertiary/aromatic N) is 2.